The van der Waals surface area contributed by atoms with E-state index >= 15 is 0 Å². The monoisotopic (exact) mass is 151 g/mol. The standard InChI is InChI=1S/C8H9NO2/c1-9-8(10)3-2-7-4-5-11-6-7/h2-6H,1H3,(H,9,10)/b3-2+. The predicted molar refractivity (Wildman–Crippen MR) is 41.8 cm³/mol. The first-order valence-electron chi connectivity index (χ1n) is 3.25. The molecule has 0 bridgehead atoms. The second kappa shape index (κ2) is 3.61. The average Bonchev–Trinajstić information content (AvgIpc) is 2.52. The number of hydrogen-bond donors (Lipinski definition) is 1. The summed E-state index contributed by atoms with van der Waals surface area (Å²) in [6.07, 6.45) is 6.26. The summed E-state index contributed by atoms with van der Waals surface area (Å²) in [5, 5.41) is 2.47. The maximum absolute atomic E-state index is 10.7. The molecule has 0 aliphatic heterocycles. The topological polar surface area (TPSA) is 42.2 Å². The molecule has 0 unspecified atom stereocenters. The Hall–Kier alpha value is -1.51. The summed E-state index contributed by atoms with van der Waals surface area (Å²) in [6.45, 7) is 0. The fourth-order valence-corrected chi connectivity index (χ4v) is 0.625. The van der Waals surface area contributed by atoms with Gasteiger partial charge in [-0.25, -0.2) is 0 Å². The van der Waals surface area contributed by atoms with Gasteiger partial charge in [-0.15, -0.1) is 0 Å². The van der Waals surface area contributed by atoms with Gasteiger partial charge in [0.2, 0.25) is 5.91 Å². The molecule has 0 saturated heterocycles. The van der Waals surface area contributed by atoms with Crippen molar-refractivity contribution in [3.05, 3.63) is 30.2 Å². The molecule has 0 aromatic carbocycles. The molecule has 1 rings (SSSR count). The third kappa shape index (κ3) is 2.29. The zero-order valence-corrected chi connectivity index (χ0v) is 6.20. The Bertz CT molecular complexity index is 249. The summed E-state index contributed by atoms with van der Waals surface area (Å²) in [4.78, 5) is 10.7. The second-order valence-corrected chi connectivity index (χ2v) is 2.00. The molecule has 0 aliphatic rings. The van der Waals surface area contributed by atoms with Crippen LogP contribution in [0.1, 0.15) is 5.56 Å². The molecule has 0 fully saturated rings. The lowest BCUT2D eigenvalue weighted by molar-refractivity contribution is -0.115. The van der Waals surface area contributed by atoms with Gasteiger partial charge in [0.1, 0.15) is 0 Å². The molecule has 0 aliphatic carbocycles. The van der Waals surface area contributed by atoms with Crippen LogP contribution in [0.25, 0.3) is 6.08 Å². The Balaban J connectivity index is 2.55. The quantitative estimate of drug-likeness (QED) is 0.641. The van der Waals surface area contributed by atoms with Gasteiger partial charge in [0, 0.05) is 18.7 Å². The lowest BCUT2D eigenvalue weighted by Gasteiger charge is -1.86. The number of furan rings is 1. The second-order valence-electron chi connectivity index (χ2n) is 2.00. The number of nitrogens with one attached hydrogen (secondary N) is 1. The van der Waals surface area contributed by atoms with Crippen LogP contribution in [0.5, 0.6) is 0 Å². The fraction of sp³-hybridized carbons (Fsp3) is 0.125. The molecule has 1 aromatic rings. The SMILES string of the molecule is CNC(=O)/C=C/c1ccoc1. The summed E-state index contributed by atoms with van der Waals surface area (Å²) in [5.74, 6) is -0.119. The molecule has 1 heterocycles. The number of carbonyl (C=O) groups excluding carboxylic acids is 1. The first-order valence-corrected chi connectivity index (χ1v) is 3.25. The maximum atomic E-state index is 10.7. The van der Waals surface area contributed by atoms with Gasteiger partial charge in [0.25, 0.3) is 0 Å². The van der Waals surface area contributed by atoms with E-state index in [1.165, 1.54) is 6.08 Å². The Morgan fingerprint density at radius 2 is 2.55 bits per heavy atom. The van der Waals surface area contributed by atoms with Crippen molar-refractivity contribution in [1.82, 2.24) is 5.32 Å². The van der Waals surface area contributed by atoms with Crippen LogP contribution in [0.2, 0.25) is 0 Å². The van der Waals surface area contributed by atoms with Crippen LogP contribution >= 0.6 is 0 Å². The summed E-state index contributed by atoms with van der Waals surface area (Å²) in [6, 6.07) is 1.78. The summed E-state index contributed by atoms with van der Waals surface area (Å²) < 4.78 is 4.80. The van der Waals surface area contributed by atoms with Crippen molar-refractivity contribution >= 4 is 12.0 Å². The Morgan fingerprint density at radius 3 is 3.09 bits per heavy atom. The lowest BCUT2D eigenvalue weighted by atomic mass is 10.3. The van der Waals surface area contributed by atoms with Crippen molar-refractivity contribution in [3.8, 4) is 0 Å². The van der Waals surface area contributed by atoms with E-state index in [-0.39, 0.29) is 5.91 Å². The molecule has 3 heteroatoms. The molecule has 3 nitrogen and oxygen atoms in total. The highest BCUT2D eigenvalue weighted by atomic mass is 16.3. The Labute approximate surface area is 64.7 Å². The van der Waals surface area contributed by atoms with Crippen LogP contribution < -0.4 is 5.32 Å². The predicted octanol–water partition coefficient (Wildman–Crippen LogP) is 1.04. The van der Waals surface area contributed by atoms with E-state index in [1.807, 2.05) is 0 Å². The molecule has 1 N–H and O–H groups in total. The molecule has 58 valence electrons. The molecule has 1 amide bonds. The highest BCUT2D eigenvalue weighted by Gasteiger charge is 1.89. The van der Waals surface area contributed by atoms with Gasteiger partial charge in [-0.2, -0.15) is 0 Å². The summed E-state index contributed by atoms with van der Waals surface area (Å²) >= 11 is 0. The number of likely N-dealkylation sites (N-methyl/N-ethyl adjacent to an activating group) is 1. The molecular formula is C8H9NO2. The minimum Gasteiger partial charge on any atom is -0.472 e. The van der Waals surface area contributed by atoms with E-state index in [0.717, 1.165) is 5.56 Å². The number of amides is 1. The first-order chi connectivity index (χ1) is 5.33. The normalized spacial score (nSPS) is 10.3. The molecule has 1 aromatic heterocycles. The number of carbonyl (C=O) groups is 1. The molecule has 0 spiro atoms. The van der Waals surface area contributed by atoms with Gasteiger partial charge in [0.05, 0.1) is 12.5 Å². The molecule has 0 atom stereocenters. The van der Waals surface area contributed by atoms with Crippen molar-refractivity contribution in [1.29, 1.82) is 0 Å². The van der Waals surface area contributed by atoms with Crippen LogP contribution in [0.15, 0.2) is 29.1 Å². The van der Waals surface area contributed by atoms with Gasteiger partial charge in [-0.3, -0.25) is 4.79 Å². The average molecular weight is 151 g/mol. The van der Waals surface area contributed by atoms with E-state index in [1.54, 1.807) is 31.7 Å². The van der Waals surface area contributed by atoms with E-state index in [4.69, 9.17) is 4.42 Å². The van der Waals surface area contributed by atoms with E-state index < -0.39 is 0 Å². The van der Waals surface area contributed by atoms with Gasteiger partial charge in [0.15, 0.2) is 0 Å². The van der Waals surface area contributed by atoms with Crippen molar-refractivity contribution in [3.63, 3.8) is 0 Å². The zero-order valence-electron chi connectivity index (χ0n) is 6.20. The maximum Gasteiger partial charge on any atom is 0.243 e. The number of rotatable bonds is 2. The molecule has 0 saturated carbocycles. The van der Waals surface area contributed by atoms with Crippen molar-refractivity contribution in [2.24, 2.45) is 0 Å². The van der Waals surface area contributed by atoms with Crippen molar-refractivity contribution in [2.75, 3.05) is 7.05 Å². The van der Waals surface area contributed by atoms with Gasteiger partial charge in [-0.1, -0.05) is 0 Å². The van der Waals surface area contributed by atoms with Crippen molar-refractivity contribution < 1.29 is 9.21 Å². The highest BCUT2D eigenvalue weighted by molar-refractivity contribution is 5.91. The van der Waals surface area contributed by atoms with E-state index in [9.17, 15) is 4.79 Å². The van der Waals surface area contributed by atoms with Crippen molar-refractivity contribution in [2.45, 2.75) is 0 Å². The lowest BCUT2D eigenvalue weighted by Crippen LogP contribution is -2.13. The molecule has 11 heavy (non-hydrogen) atoms. The van der Waals surface area contributed by atoms with Crippen LogP contribution in [0.4, 0.5) is 0 Å². The first kappa shape index (κ1) is 7.60. The number of hydrogen-bond acceptors (Lipinski definition) is 2. The summed E-state index contributed by atoms with van der Waals surface area (Å²) in [7, 11) is 1.59. The van der Waals surface area contributed by atoms with Gasteiger partial charge in [-0.05, 0) is 12.1 Å². The summed E-state index contributed by atoms with van der Waals surface area (Å²) in [5.41, 5.74) is 0.883. The van der Waals surface area contributed by atoms with Gasteiger partial charge < -0.3 is 9.73 Å². The van der Waals surface area contributed by atoms with Crippen LogP contribution in [0, 0.1) is 0 Å². The van der Waals surface area contributed by atoms with Crippen LogP contribution in [0.3, 0.4) is 0 Å². The fourth-order valence-electron chi connectivity index (χ4n) is 0.625. The third-order valence-electron chi connectivity index (χ3n) is 1.22. The molecular weight excluding hydrogens is 142 g/mol. The Kier molecular flexibility index (Phi) is 2.49. The van der Waals surface area contributed by atoms with Crippen LogP contribution in [-0.2, 0) is 4.79 Å². The van der Waals surface area contributed by atoms with Gasteiger partial charge >= 0.3 is 0 Å². The largest absolute Gasteiger partial charge is 0.472 e. The minimum absolute atomic E-state index is 0.119. The molecule has 0 radical (unpaired) electrons. The highest BCUT2D eigenvalue weighted by Crippen LogP contribution is 2.01. The zero-order chi connectivity index (χ0) is 8.10. The van der Waals surface area contributed by atoms with E-state index in [2.05, 4.69) is 5.32 Å². The smallest absolute Gasteiger partial charge is 0.243 e. The van der Waals surface area contributed by atoms with E-state index in [0.29, 0.717) is 0 Å². The third-order valence-corrected chi connectivity index (χ3v) is 1.22. The minimum atomic E-state index is -0.119. The Morgan fingerprint density at radius 1 is 1.73 bits per heavy atom. The van der Waals surface area contributed by atoms with Crippen LogP contribution in [-0.4, -0.2) is 13.0 Å².